The van der Waals surface area contributed by atoms with Crippen LogP contribution in [0.25, 0.3) is 0 Å². The van der Waals surface area contributed by atoms with Gasteiger partial charge in [0.05, 0.1) is 24.8 Å². The Balaban J connectivity index is 1.62. The van der Waals surface area contributed by atoms with Gasteiger partial charge in [-0.25, -0.2) is 4.79 Å². The van der Waals surface area contributed by atoms with Crippen molar-refractivity contribution in [1.82, 2.24) is 14.7 Å². The van der Waals surface area contributed by atoms with Crippen LogP contribution in [-0.4, -0.2) is 71.1 Å². The Kier molecular flexibility index (Phi) is 10.2. The lowest BCUT2D eigenvalue weighted by Crippen LogP contribution is -2.72. The molecule has 15 heteroatoms. The Labute approximate surface area is 255 Å². The molecule has 0 aliphatic carbocycles. The summed E-state index contributed by atoms with van der Waals surface area (Å²) in [7, 11) is 1.51. The molecule has 2 N–H and O–H groups in total. The van der Waals surface area contributed by atoms with Crippen LogP contribution >= 0.6 is 0 Å². The summed E-state index contributed by atoms with van der Waals surface area (Å²) >= 11 is 0. The molecule has 0 spiro atoms. The molecule has 3 amide bonds. The van der Waals surface area contributed by atoms with Crippen LogP contribution in [0.15, 0.2) is 42.5 Å². The molecular weight excluding hydrogens is 610 g/mol. The zero-order chi connectivity index (χ0) is 33.1. The van der Waals surface area contributed by atoms with E-state index in [0.717, 1.165) is 5.56 Å². The van der Waals surface area contributed by atoms with E-state index in [9.17, 15) is 40.7 Å². The van der Waals surface area contributed by atoms with E-state index in [1.165, 1.54) is 28.7 Å². The third-order valence-electron chi connectivity index (χ3n) is 7.95. The summed E-state index contributed by atoms with van der Waals surface area (Å²) in [4.78, 5) is 44.3. The van der Waals surface area contributed by atoms with Crippen LogP contribution in [0.1, 0.15) is 54.9 Å². The molecule has 246 valence electrons. The molecule has 0 aromatic heterocycles. The van der Waals surface area contributed by atoms with Crippen LogP contribution in [0.2, 0.25) is 0 Å². The molecule has 2 fully saturated rings. The van der Waals surface area contributed by atoms with E-state index in [2.05, 4.69) is 0 Å². The lowest BCUT2D eigenvalue weighted by Gasteiger charge is -2.53. The summed E-state index contributed by atoms with van der Waals surface area (Å²) in [6.07, 6.45) is -10.8. The van der Waals surface area contributed by atoms with E-state index in [-0.39, 0.29) is 37.4 Å². The van der Waals surface area contributed by atoms with Gasteiger partial charge < -0.3 is 25.0 Å². The Morgan fingerprint density at radius 3 is 2.13 bits per heavy atom. The van der Waals surface area contributed by atoms with E-state index >= 15 is 0 Å². The van der Waals surface area contributed by atoms with Crippen LogP contribution in [0.5, 0.6) is 5.75 Å². The van der Waals surface area contributed by atoms with Crippen molar-refractivity contribution >= 4 is 17.9 Å². The Bertz CT molecular complexity index is 1350. The molecule has 9 nitrogen and oxygen atoms in total. The molecule has 2 aliphatic rings. The van der Waals surface area contributed by atoms with Crippen molar-refractivity contribution in [3.05, 3.63) is 64.7 Å². The Morgan fingerprint density at radius 2 is 1.58 bits per heavy atom. The van der Waals surface area contributed by atoms with Gasteiger partial charge in [0.25, 0.3) is 0 Å². The van der Waals surface area contributed by atoms with Gasteiger partial charge in [0, 0.05) is 19.0 Å². The van der Waals surface area contributed by atoms with Crippen LogP contribution < -0.4 is 10.5 Å². The van der Waals surface area contributed by atoms with E-state index in [1.54, 1.807) is 24.3 Å². The van der Waals surface area contributed by atoms with Crippen molar-refractivity contribution in [2.24, 2.45) is 5.73 Å². The molecule has 0 bridgehead atoms. The number of carbonyl (C=O) groups is 3. The second-order valence-corrected chi connectivity index (χ2v) is 11.0. The number of unbranched alkanes of at least 4 members (excludes halogenated alkanes) is 1. The lowest BCUT2D eigenvalue weighted by atomic mass is 9.96. The molecular formula is C30H34F6N4O5. The van der Waals surface area contributed by atoms with Crippen molar-refractivity contribution in [3.63, 3.8) is 0 Å². The molecule has 3 atom stereocenters. The van der Waals surface area contributed by atoms with Gasteiger partial charge in [0.15, 0.2) is 0 Å². The number of carbonyl (C=O) groups excluding carboxylic acids is 3. The maximum Gasteiger partial charge on any atom is 0.416 e. The molecule has 45 heavy (non-hydrogen) atoms. The summed E-state index contributed by atoms with van der Waals surface area (Å²) < 4.78 is 90.8. The number of nitrogens with two attached hydrogens (primary N) is 1. The van der Waals surface area contributed by atoms with E-state index < -0.39 is 60.0 Å². The molecule has 2 aliphatic heterocycles. The Hall–Kier alpha value is -4.01. The van der Waals surface area contributed by atoms with Crippen molar-refractivity contribution in [2.75, 3.05) is 20.2 Å². The number of fused-ring (bicyclic) bond motifs is 1. The third kappa shape index (κ3) is 7.81. The van der Waals surface area contributed by atoms with Crippen molar-refractivity contribution in [2.45, 2.75) is 76.4 Å². The molecule has 4 rings (SSSR count). The first-order chi connectivity index (χ1) is 21.1. The number of halogens is 6. The molecule has 0 saturated carbocycles. The second kappa shape index (κ2) is 13.5. The number of ether oxygens (including phenoxy) is 2. The predicted molar refractivity (Wildman–Crippen MR) is 148 cm³/mol. The van der Waals surface area contributed by atoms with Crippen molar-refractivity contribution < 1.29 is 50.2 Å². The smallest absolute Gasteiger partial charge is 0.416 e. The summed E-state index contributed by atoms with van der Waals surface area (Å²) in [5.41, 5.74) is 2.79. The van der Waals surface area contributed by atoms with Crippen LogP contribution in [0.4, 0.5) is 31.1 Å². The van der Waals surface area contributed by atoms with E-state index in [0.29, 0.717) is 43.7 Å². The number of alkyl halides is 6. The number of hydrogen-bond donors (Lipinski definition) is 1. The van der Waals surface area contributed by atoms with Crippen LogP contribution in [0, 0.1) is 0 Å². The summed E-state index contributed by atoms with van der Waals surface area (Å²) in [6, 6.07) is 6.29. The summed E-state index contributed by atoms with van der Waals surface area (Å²) in [6.45, 7) is 1.07. The maximum atomic E-state index is 13.6. The quantitative estimate of drug-likeness (QED) is 0.299. The first-order valence-electron chi connectivity index (χ1n) is 14.3. The van der Waals surface area contributed by atoms with Gasteiger partial charge in [-0.1, -0.05) is 18.6 Å². The van der Waals surface area contributed by atoms with Gasteiger partial charge in [-0.3, -0.25) is 14.5 Å². The average Bonchev–Trinajstić information content (AvgIpc) is 2.98. The zero-order valence-corrected chi connectivity index (χ0v) is 24.7. The standard InChI is InChI=1S/C30H34F6N4O5/c1-18-27(42)38(15-19-6-8-24(44-2)9-7-19)16-25-39(18)26(41)14-23(5-3-4-10-37)40(25)28(43)45-17-20-11-21(29(31,32)33)13-22(12-20)30(34,35)36/h6-9,11-13,18,23,25H,3-5,10,14-17,37H2,1-2H3/t18-,23?,25?/m0/s1. The average molecular weight is 645 g/mol. The molecule has 2 heterocycles. The van der Waals surface area contributed by atoms with Gasteiger partial charge >= 0.3 is 18.4 Å². The fourth-order valence-corrected chi connectivity index (χ4v) is 5.72. The summed E-state index contributed by atoms with van der Waals surface area (Å²) in [5.74, 6) is -0.105. The van der Waals surface area contributed by atoms with Crippen LogP contribution in [0.3, 0.4) is 0 Å². The SMILES string of the molecule is COc1ccc(CN2CC3N(C(=O)OCc4cc(C(F)(F)F)cc(C(F)(F)F)c4)C(CCCCN)CC(=O)N3[C@@H](C)C2=O)cc1. The zero-order valence-electron chi connectivity index (χ0n) is 24.7. The van der Waals surface area contributed by atoms with E-state index in [1.807, 2.05) is 0 Å². The number of piperazine rings is 1. The van der Waals surface area contributed by atoms with Gasteiger partial charge in [0.1, 0.15) is 24.6 Å². The highest BCUT2D eigenvalue weighted by Gasteiger charge is 2.50. The molecule has 2 aromatic carbocycles. The van der Waals surface area contributed by atoms with Gasteiger partial charge in [0.2, 0.25) is 11.8 Å². The predicted octanol–water partition coefficient (Wildman–Crippen LogP) is 5.16. The first-order valence-corrected chi connectivity index (χ1v) is 14.3. The number of methoxy groups -OCH3 is 1. The molecule has 2 aromatic rings. The second-order valence-electron chi connectivity index (χ2n) is 11.0. The highest BCUT2D eigenvalue weighted by molar-refractivity contribution is 5.90. The lowest BCUT2D eigenvalue weighted by molar-refractivity contribution is -0.171. The topological polar surface area (TPSA) is 105 Å². The van der Waals surface area contributed by atoms with Crippen molar-refractivity contribution in [1.29, 1.82) is 0 Å². The Morgan fingerprint density at radius 1 is 0.956 bits per heavy atom. The maximum absolute atomic E-state index is 13.6. The van der Waals surface area contributed by atoms with Gasteiger partial charge in [-0.2, -0.15) is 26.3 Å². The van der Waals surface area contributed by atoms with E-state index in [4.69, 9.17) is 15.2 Å². The highest BCUT2D eigenvalue weighted by Crippen LogP contribution is 2.37. The fourth-order valence-electron chi connectivity index (χ4n) is 5.72. The number of rotatable bonds is 9. The minimum atomic E-state index is -5.07. The minimum absolute atomic E-state index is 0.00917. The number of nitrogens with zero attached hydrogens (tertiary/aromatic N) is 3. The minimum Gasteiger partial charge on any atom is -0.497 e. The normalized spacial score (nSPS) is 20.7. The largest absolute Gasteiger partial charge is 0.497 e. The van der Waals surface area contributed by atoms with Gasteiger partial charge in [-0.05, 0) is 67.8 Å². The third-order valence-corrected chi connectivity index (χ3v) is 7.95. The van der Waals surface area contributed by atoms with Gasteiger partial charge in [-0.15, -0.1) is 0 Å². The molecule has 2 unspecified atom stereocenters. The highest BCUT2D eigenvalue weighted by atomic mass is 19.4. The fraction of sp³-hybridized carbons (Fsp3) is 0.500. The molecule has 2 saturated heterocycles. The number of amides is 3. The number of hydrogen-bond acceptors (Lipinski definition) is 6. The van der Waals surface area contributed by atoms with Crippen LogP contribution in [-0.2, 0) is 39.8 Å². The monoisotopic (exact) mass is 644 g/mol. The number of benzene rings is 2. The first kappa shape index (κ1) is 33.9. The summed E-state index contributed by atoms with van der Waals surface area (Å²) in [5, 5.41) is 0. The van der Waals surface area contributed by atoms with Crippen molar-refractivity contribution in [3.8, 4) is 5.75 Å². The molecule has 0 radical (unpaired) electrons.